The molecule has 1 aliphatic heterocycles. The maximum atomic E-state index is 11.3. The van der Waals surface area contributed by atoms with Crippen molar-refractivity contribution >= 4 is 24.1 Å². The molecule has 10 nitrogen and oxygen atoms in total. The molecule has 1 unspecified atom stereocenters. The average Bonchev–Trinajstić information content (AvgIpc) is 3.28. The summed E-state index contributed by atoms with van der Waals surface area (Å²) in [5, 5.41) is 22.5. The highest BCUT2D eigenvalue weighted by atomic mass is 32.1. The zero-order chi connectivity index (χ0) is 18.7. The molecule has 0 aliphatic carbocycles. The van der Waals surface area contributed by atoms with Crippen LogP contribution < -0.4 is 9.47 Å². The van der Waals surface area contributed by atoms with E-state index in [9.17, 15) is 10.1 Å². The first kappa shape index (κ1) is 18.0. The molecule has 1 atom stereocenters. The smallest absolute Gasteiger partial charge is 0.315 e. The van der Waals surface area contributed by atoms with Gasteiger partial charge in [0.05, 0.1) is 25.4 Å². The lowest BCUT2D eigenvalue weighted by atomic mass is 10.2. The monoisotopic (exact) mass is 379 g/mol. The highest BCUT2D eigenvalue weighted by Gasteiger charge is 2.24. The number of hydrogen-bond donors (Lipinski definition) is 1. The van der Waals surface area contributed by atoms with Gasteiger partial charge in [0.1, 0.15) is 6.10 Å². The Hall–Kier alpha value is -2.79. The Morgan fingerprint density at radius 1 is 1.50 bits per heavy atom. The van der Waals surface area contributed by atoms with Crippen molar-refractivity contribution < 1.29 is 19.1 Å². The van der Waals surface area contributed by atoms with E-state index in [4.69, 9.17) is 26.4 Å². The Labute approximate surface area is 153 Å². The first-order valence-corrected chi connectivity index (χ1v) is 8.19. The highest BCUT2D eigenvalue weighted by Crippen LogP contribution is 2.37. The second-order valence-electron chi connectivity index (χ2n) is 5.48. The fourth-order valence-corrected chi connectivity index (χ4v) is 2.89. The Balaban J connectivity index is 1.99. The van der Waals surface area contributed by atoms with Crippen LogP contribution in [0.2, 0.25) is 0 Å². The molecule has 138 valence electrons. The number of nitro groups is 1. The second-order valence-corrected chi connectivity index (χ2v) is 5.86. The van der Waals surface area contributed by atoms with Crippen molar-refractivity contribution in [1.82, 2.24) is 14.9 Å². The highest BCUT2D eigenvalue weighted by molar-refractivity contribution is 7.71. The van der Waals surface area contributed by atoms with E-state index in [1.165, 1.54) is 31.2 Å². The lowest BCUT2D eigenvalue weighted by Crippen LogP contribution is -2.05. The Kier molecular flexibility index (Phi) is 5.28. The molecule has 11 heteroatoms. The molecule has 2 heterocycles. The zero-order valence-corrected chi connectivity index (χ0v) is 15.0. The third-order valence-corrected chi connectivity index (χ3v) is 4.16. The van der Waals surface area contributed by atoms with E-state index in [-0.39, 0.29) is 23.3 Å². The van der Waals surface area contributed by atoms with Crippen LogP contribution in [0.3, 0.4) is 0 Å². The summed E-state index contributed by atoms with van der Waals surface area (Å²) in [7, 11) is 2.75. The van der Waals surface area contributed by atoms with Crippen LogP contribution in [-0.2, 0) is 4.74 Å². The van der Waals surface area contributed by atoms with Gasteiger partial charge in [0.2, 0.25) is 10.5 Å². The maximum absolute atomic E-state index is 11.3. The van der Waals surface area contributed by atoms with E-state index >= 15 is 0 Å². The number of nitrogens with zero attached hydrogens (tertiary/aromatic N) is 4. The van der Waals surface area contributed by atoms with Crippen LogP contribution in [0.15, 0.2) is 17.2 Å². The number of aromatic nitrogens is 3. The van der Waals surface area contributed by atoms with E-state index in [0.29, 0.717) is 22.8 Å². The third-order valence-electron chi connectivity index (χ3n) is 3.89. The van der Waals surface area contributed by atoms with Gasteiger partial charge in [-0.1, -0.05) is 0 Å². The van der Waals surface area contributed by atoms with Gasteiger partial charge in [-0.15, -0.1) is 0 Å². The number of nitrogens with one attached hydrogen (secondary N) is 1. The van der Waals surface area contributed by atoms with Crippen molar-refractivity contribution in [3.63, 3.8) is 0 Å². The van der Waals surface area contributed by atoms with Crippen LogP contribution >= 0.6 is 12.2 Å². The first-order chi connectivity index (χ1) is 12.5. The van der Waals surface area contributed by atoms with Crippen molar-refractivity contribution in [1.29, 1.82) is 0 Å². The number of methoxy groups -OCH3 is 2. The number of nitro benzene ring substituents is 1. The molecule has 1 aromatic carbocycles. The van der Waals surface area contributed by atoms with Gasteiger partial charge >= 0.3 is 5.69 Å². The molecular formula is C15H17N5O5S. The molecule has 26 heavy (non-hydrogen) atoms. The number of benzene rings is 1. The number of ether oxygens (including phenoxy) is 3. The van der Waals surface area contributed by atoms with Crippen LogP contribution in [0.5, 0.6) is 11.5 Å². The van der Waals surface area contributed by atoms with Crippen molar-refractivity contribution in [3.8, 4) is 11.5 Å². The second kappa shape index (κ2) is 7.62. The predicted molar refractivity (Wildman–Crippen MR) is 94.5 cm³/mol. The molecule has 0 saturated carbocycles. The molecule has 0 bridgehead atoms. The summed E-state index contributed by atoms with van der Waals surface area (Å²) in [6, 6.07) is 2.94. The number of rotatable bonds is 6. The number of H-pyrrole nitrogens is 1. The predicted octanol–water partition coefficient (Wildman–Crippen LogP) is 2.60. The fraction of sp³-hybridized carbons (Fsp3) is 0.400. The Morgan fingerprint density at radius 2 is 2.31 bits per heavy atom. The van der Waals surface area contributed by atoms with Gasteiger partial charge in [-0.25, -0.2) is 0 Å². The minimum Gasteiger partial charge on any atom is -0.493 e. The summed E-state index contributed by atoms with van der Waals surface area (Å²) < 4.78 is 17.6. The summed E-state index contributed by atoms with van der Waals surface area (Å²) in [6.45, 7) is 0.663. The zero-order valence-electron chi connectivity index (χ0n) is 14.2. The van der Waals surface area contributed by atoms with Crippen LogP contribution in [0.25, 0.3) is 0 Å². The Bertz CT molecular complexity index is 900. The van der Waals surface area contributed by atoms with Crippen molar-refractivity contribution in [2.24, 2.45) is 5.10 Å². The molecule has 0 amide bonds. The van der Waals surface area contributed by atoms with Gasteiger partial charge in [0.25, 0.3) is 0 Å². The minimum absolute atomic E-state index is 0.0506. The number of aromatic amines is 1. The van der Waals surface area contributed by atoms with Gasteiger partial charge < -0.3 is 14.2 Å². The minimum atomic E-state index is -0.542. The van der Waals surface area contributed by atoms with E-state index in [1.807, 2.05) is 0 Å². The molecule has 1 N–H and O–H groups in total. The maximum Gasteiger partial charge on any atom is 0.315 e. The summed E-state index contributed by atoms with van der Waals surface area (Å²) in [6.07, 6.45) is 3.03. The normalized spacial score (nSPS) is 16.9. The van der Waals surface area contributed by atoms with Crippen LogP contribution in [0, 0.1) is 14.9 Å². The molecule has 2 aromatic rings. The molecule has 3 rings (SSSR count). The van der Waals surface area contributed by atoms with Gasteiger partial charge in [-0.2, -0.15) is 14.9 Å². The van der Waals surface area contributed by atoms with Gasteiger partial charge in [0.15, 0.2) is 11.6 Å². The SMILES string of the molecule is COc1cc(/C=N\n2c(C3CCCO3)n[nH]c2=S)cc([N+](=O)[O-])c1OC. The lowest BCUT2D eigenvalue weighted by Gasteiger charge is -2.09. The third kappa shape index (κ3) is 3.44. The quantitative estimate of drug-likeness (QED) is 0.355. The van der Waals surface area contributed by atoms with Crippen LogP contribution in [0.4, 0.5) is 5.69 Å². The molecule has 1 saturated heterocycles. The van der Waals surface area contributed by atoms with Crippen molar-refractivity contribution in [2.45, 2.75) is 18.9 Å². The Morgan fingerprint density at radius 3 is 2.92 bits per heavy atom. The van der Waals surface area contributed by atoms with E-state index in [0.717, 1.165) is 12.8 Å². The molecule has 1 fully saturated rings. The van der Waals surface area contributed by atoms with Gasteiger partial charge in [-0.05, 0) is 31.1 Å². The summed E-state index contributed by atoms with van der Waals surface area (Å²) in [5.74, 6) is 0.853. The van der Waals surface area contributed by atoms with Crippen LogP contribution in [-0.4, -0.2) is 46.8 Å². The van der Waals surface area contributed by atoms with E-state index in [1.54, 1.807) is 6.07 Å². The van der Waals surface area contributed by atoms with E-state index in [2.05, 4.69) is 15.3 Å². The molecule has 0 spiro atoms. The standard InChI is InChI=1S/C15H17N5O5S/c1-23-12-7-9(6-10(20(21)22)13(12)24-2)8-16-19-14(17-18-15(19)26)11-4-3-5-25-11/h6-8,11H,3-5H2,1-2H3,(H,18,26)/b16-8-. The van der Waals surface area contributed by atoms with Crippen molar-refractivity contribution in [2.75, 3.05) is 20.8 Å². The lowest BCUT2D eigenvalue weighted by molar-refractivity contribution is -0.385. The average molecular weight is 379 g/mol. The fourth-order valence-electron chi connectivity index (χ4n) is 2.70. The molecule has 1 aliphatic rings. The molecule has 0 radical (unpaired) electrons. The molecular weight excluding hydrogens is 362 g/mol. The number of hydrogen-bond acceptors (Lipinski definition) is 8. The van der Waals surface area contributed by atoms with Gasteiger partial charge in [-0.3, -0.25) is 15.2 Å². The summed E-state index contributed by atoms with van der Waals surface area (Å²) in [4.78, 5) is 10.7. The largest absolute Gasteiger partial charge is 0.493 e. The summed E-state index contributed by atoms with van der Waals surface area (Å²) >= 11 is 5.20. The summed E-state index contributed by atoms with van der Waals surface area (Å²) in [5.41, 5.74) is 0.235. The first-order valence-electron chi connectivity index (χ1n) is 7.78. The van der Waals surface area contributed by atoms with E-state index < -0.39 is 4.92 Å². The van der Waals surface area contributed by atoms with Gasteiger partial charge in [0, 0.05) is 18.2 Å². The topological polar surface area (TPSA) is 117 Å². The van der Waals surface area contributed by atoms with Crippen molar-refractivity contribution in [3.05, 3.63) is 38.4 Å². The molecule has 1 aromatic heterocycles. The van der Waals surface area contributed by atoms with Crippen LogP contribution in [0.1, 0.15) is 30.3 Å².